The molecule has 0 radical (unpaired) electrons. The summed E-state index contributed by atoms with van der Waals surface area (Å²) in [5, 5.41) is 14.2. The Bertz CT molecular complexity index is 1630. The molecule has 0 aliphatic carbocycles. The van der Waals surface area contributed by atoms with Gasteiger partial charge < -0.3 is 21.1 Å². The van der Waals surface area contributed by atoms with E-state index in [2.05, 4.69) is 24.7 Å². The zero-order valence-corrected chi connectivity index (χ0v) is 18.6. The zero-order valence-electron chi connectivity index (χ0n) is 17.8. The number of benzene rings is 1. The number of hydrogen-bond acceptors (Lipinski definition) is 8. The number of imidazole rings is 1. The first-order valence-electron chi connectivity index (χ1n) is 10.3. The minimum atomic E-state index is -4.27. The number of nitrogens with one attached hydrogen (secondary N) is 2. The fraction of sp³-hybridized carbons (Fsp3) is 0.238. The molecule has 0 amide bonds. The maximum absolute atomic E-state index is 13.5. The quantitative estimate of drug-likeness (QED) is 0.354. The fourth-order valence-electron chi connectivity index (χ4n) is 3.93. The van der Waals surface area contributed by atoms with E-state index < -0.39 is 15.6 Å². The number of aromatic hydroxyl groups is 1. The monoisotopic (exact) mass is 467 g/mol. The highest BCUT2D eigenvalue weighted by Crippen LogP contribution is 2.36. The molecule has 0 saturated heterocycles. The van der Waals surface area contributed by atoms with Crippen LogP contribution < -0.4 is 16.6 Å². The Morgan fingerprint density at radius 2 is 2.03 bits per heavy atom. The summed E-state index contributed by atoms with van der Waals surface area (Å²) < 4.78 is 31.6. The lowest BCUT2D eigenvalue weighted by Crippen LogP contribution is -2.33. The SMILES string of the molecule is CC(C)CCn1c(=O)c(C2=NS(=O)(=O)c3c(ccc4[nH]c(N)nc34)N2)c(O)c2cccnc21. The molecule has 1 aromatic carbocycles. The molecule has 5 rings (SSSR count). The van der Waals surface area contributed by atoms with Crippen molar-refractivity contribution in [1.29, 1.82) is 0 Å². The number of pyridine rings is 2. The van der Waals surface area contributed by atoms with Crippen molar-refractivity contribution in [2.24, 2.45) is 10.3 Å². The summed E-state index contributed by atoms with van der Waals surface area (Å²) in [6, 6.07) is 6.39. The van der Waals surface area contributed by atoms with Crippen molar-refractivity contribution in [1.82, 2.24) is 19.5 Å². The van der Waals surface area contributed by atoms with Gasteiger partial charge in [0.2, 0.25) is 0 Å². The van der Waals surface area contributed by atoms with E-state index >= 15 is 0 Å². The topological polar surface area (TPSA) is 168 Å². The molecule has 0 atom stereocenters. The maximum atomic E-state index is 13.5. The number of nitrogen functional groups attached to an aromatic ring is 1. The van der Waals surface area contributed by atoms with Crippen LogP contribution in [0.2, 0.25) is 0 Å². The molecule has 0 saturated carbocycles. The summed E-state index contributed by atoms with van der Waals surface area (Å²) in [7, 11) is -4.27. The molecule has 33 heavy (non-hydrogen) atoms. The minimum Gasteiger partial charge on any atom is -0.506 e. The molecule has 4 aromatic rings. The van der Waals surface area contributed by atoms with Crippen LogP contribution in [0.25, 0.3) is 22.1 Å². The number of aromatic amines is 1. The number of sulfonamides is 1. The first-order chi connectivity index (χ1) is 15.7. The second kappa shape index (κ2) is 7.30. The second-order valence-corrected chi connectivity index (χ2v) is 9.78. The molecule has 5 N–H and O–H groups in total. The molecule has 0 fully saturated rings. The van der Waals surface area contributed by atoms with Crippen LogP contribution in [0.3, 0.4) is 0 Å². The Morgan fingerprint density at radius 3 is 2.79 bits per heavy atom. The van der Waals surface area contributed by atoms with Gasteiger partial charge in [0.05, 0.1) is 16.6 Å². The smallest absolute Gasteiger partial charge is 0.288 e. The normalized spacial score (nSPS) is 14.9. The predicted octanol–water partition coefficient (Wildman–Crippen LogP) is 2.17. The Labute approximate surface area is 188 Å². The van der Waals surface area contributed by atoms with E-state index in [0.717, 1.165) is 0 Å². The van der Waals surface area contributed by atoms with E-state index in [4.69, 9.17) is 5.73 Å². The lowest BCUT2D eigenvalue weighted by atomic mass is 10.1. The number of nitrogens with two attached hydrogens (primary N) is 1. The standard InChI is InChI=1S/C21H21N7O4S/c1-10(2)7-9-28-19-11(4-3-8-23-19)16(29)14(20(28)30)18-24-13-6-5-12-15(26-21(22)25-12)17(13)33(31,32)27-18/h3-6,8,10,29H,7,9H2,1-2H3,(H,24,27)(H3,22,25,26). The predicted molar refractivity (Wildman–Crippen MR) is 125 cm³/mol. The summed E-state index contributed by atoms with van der Waals surface area (Å²) in [6.07, 6.45) is 2.22. The van der Waals surface area contributed by atoms with E-state index in [1.54, 1.807) is 18.2 Å². The van der Waals surface area contributed by atoms with Gasteiger partial charge in [0, 0.05) is 12.7 Å². The molecular weight excluding hydrogens is 446 g/mol. The summed E-state index contributed by atoms with van der Waals surface area (Å²) >= 11 is 0. The van der Waals surface area contributed by atoms with Crippen LogP contribution in [0.15, 0.2) is 44.6 Å². The van der Waals surface area contributed by atoms with Crippen LogP contribution in [0.4, 0.5) is 11.6 Å². The van der Waals surface area contributed by atoms with E-state index in [1.165, 1.54) is 16.8 Å². The number of aryl methyl sites for hydroxylation is 1. The molecule has 4 heterocycles. The number of hydrogen-bond donors (Lipinski definition) is 4. The van der Waals surface area contributed by atoms with Gasteiger partial charge in [-0.1, -0.05) is 13.8 Å². The van der Waals surface area contributed by atoms with Crippen molar-refractivity contribution in [3.05, 3.63) is 46.4 Å². The lowest BCUT2D eigenvalue weighted by Gasteiger charge is -2.20. The van der Waals surface area contributed by atoms with Crippen LogP contribution in [-0.2, 0) is 16.6 Å². The maximum Gasteiger partial charge on any atom is 0.288 e. The number of amidine groups is 1. The highest BCUT2D eigenvalue weighted by Gasteiger charge is 2.32. The molecule has 1 aliphatic heterocycles. The van der Waals surface area contributed by atoms with Crippen LogP contribution in [0.1, 0.15) is 25.8 Å². The van der Waals surface area contributed by atoms with Gasteiger partial charge in [-0.15, -0.1) is 4.40 Å². The molecule has 170 valence electrons. The first-order valence-corrected chi connectivity index (χ1v) is 11.7. The van der Waals surface area contributed by atoms with Crippen molar-refractivity contribution in [2.45, 2.75) is 31.7 Å². The van der Waals surface area contributed by atoms with Crippen LogP contribution in [0.5, 0.6) is 5.75 Å². The van der Waals surface area contributed by atoms with Gasteiger partial charge in [-0.25, -0.2) is 9.97 Å². The highest BCUT2D eigenvalue weighted by atomic mass is 32.2. The summed E-state index contributed by atoms with van der Waals surface area (Å²) in [5.74, 6) is -0.277. The van der Waals surface area contributed by atoms with E-state index in [9.17, 15) is 18.3 Å². The molecular formula is C21H21N7O4S. The summed E-state index contributed by atoms with van der Waals surface area (Å²) in [4.78, 5) is 24.4. The van der Waals surface area contributed by atoms with Crippen LogP contribution in [0, 0.1) is 5.92 Å². The number of fused-ring (bicyclic) bond motifs is 4. The third-order valence-corrected chi connectivity index (χ3v) is 6.86. The van der Waals surface area contributed by atoms with E-state index in [-0.39, 0.29) is 39.2 Å². The van der Waals surface area contributed by atoms with Gasteiger partial charge in [0.15, 0.2) is 11.8 Å². The van der Waals surface area contributed by atoms with E-state index in [1.807, 2.05) is 13.8 Å². The first kappa shape index (κ1) is 20.9. The Balaban J connectivity index is 1.75. The third kappa shape index (κ3) is 3.30. The highest BCUT2D eigenvalue weighted by molar-refractivity contribution is 7.90. The zero-order chi connectivity index (χ0) is 23.5. The average Bonchev–Trinajstić information content (AvgIpc) is 3.12. The Hall–Kier alpha value is -3.93. The lowest BCUT2D eigenvalue weighted by molar-refractivity contribution is 0.473. The summed E-state index contributed by atoms with van der Waals surface area (Å²) in [6.45, 7) is 4.41. The second-order valence-electron chi connectivity index (χ2n) is 8.24. The number of rotatable bonds is 4. The summed E-state index contributed by atoms with van der Waals surface area (Å²) in [5.41, 5.74) is 5.93. The minimum absolute atomic E-state index is 0.0658. The van der Waals surface area contributed by atoms with Gasteiger partial charge in [-0.05, 0) is 36.6 Å². The van der Waals surface area contributed by atoms with Crippen LogP contribution >= 0.6 is 0 Å². The molecule has 0 bridgehead atoms. The molecule has 0 unspecified atom stereocenters. The van der Waals surface area contributed by atoms with Gasteiger partial charge in [-0.2, -0.15) is 8.42 Å². The molecule has 12 heteroatoms. The third-order valence-electron chi connectivity index (χ3n) is 5.51. The average molecular weight is 468 g/mol. The van der Waals surface area contributed by atoms with Gasteiger partial charge in [0.25, 0.3) is 15.6 Å². The van der Waals surface area contributed by atoms with Crippen molar-refractivity contribution in [3.63, 3.8) is 0 Å². The van der Waals surface area contributed by atoms with Gasteiger partial charge >= 0.3 is 0 Å². The van der Waals surface area contributed by atoms with Gasteiger partial charge in [-0.3, -0.25) is 9.36 Å². The van der Waals surface area contributed by atoms with Crippen LogP contribution in [-0.4, -0.2) is 38.9 Å². The molecule has 3 aromatic heterocycles. The van der Waals surface area contributed by atoms with E-state index in [0.29, 0.717) is 35.4 Å². The Kier molecular flexibility index (Phi) is 4.64. The molecule has 1 aliphatic rings. The number of nitrogens with zero attached hydrogens (tertiary/aromatic N) is 4. The number of aromatic nitrogens is 4. The van der Waals surface area contributed by atoms with Gasteiger partial charge in [0.1, 0.15) is 27.4 Å². The van der Waals surface area contributed by atoms with Crippen molar-refractivity contribution >= 4 is 49.6 Å². The number of anilines is 2. The Morgan fingerprint density at radius 1 is 1.24 bits per heavy atom. The fourth-order valence-corrected chi connectivity index (χ4v) is 5.19. The molecule has 11 nitrogen and oxygen atoms in total. The largest absolute Gasteiger partial charge is 0.506 e. The van der Waals surface area contributed by atoms with Crippen molar-refractivity contribution in [3.8, 4) is 5.75 Å². The van der Waals surface area contributed by atoms with Crippen molar-refractivity contribution < 1.29 is 13.5 Å². The number of H-pyrrole nitrogens is 1. The molecule has 0 spiro atoms. The van der Waals surface area contributed by atoms with Crippen molar-refractivity contribution in [2.75, 3.05) is 11.1 Å².